The molecule has 21 heavy (non-hydrogen) atoms. The molecule has 0 aliphatic heterocycles. The zero-order chi connectivity index (χ0) is 14.0. The molecule has 0 saturated heterocycles. The number of hydrogen-bond acceptors (Lipinski definition) is 1. The fourth-order valence-corrected chi connectivity index (χ4v) is 7.34. The molecule has 0 radical (unpaired) electrons. The van der Waals surface area contributed by atoms with Gasteiger partial charge in [0.1, 0.15) is 0 Å². The van der Waals surface area contributed by atoms with Gasteiger partial charge in [-0.2, -0.15) is 0 Å². The highest BCUT2D eigenvalue weighted by Crippen LogP contribution is 2.65. The standard InChI is InChI=1S/C19H33N.ClH/c1-18-11-4-3-5-13(18)6-7-14-15-8-9-17(20)19(15,2)12-10-16(14)18;/h13-17H,3-12,20H2,1-2H3;1H/t13-,14+,15+,16+,17-,18+,19+;/m1./s1. The molecule has 2 N–H and O–H groups in total. The summed E-state index contributed by atoms with van der Waals surface area (Å²) in [5.74, 6) is 4.06. The lowest BCUT2D eigenvalue weighted by Gasteiger charge is -2.60. The summed E-state index contributed by atoms with van der Waals surface area (Å²) < 4.78 is 0. The van der Waals surface area contributed by atoms with Gasteiger partial charge in [-0.15, -0.1) is 12.4 Å². The third-order valence-electron chi connectivity index (χ3n) is 8.66. The molecule has 0 unspecified atom stereocenters. The molecular weight excluding hydrogens is 278 g/mol. The summed E-state index contributed by atoms with van der Waals surface area (Å²) in [6, 6.07) is 0.491. The molecule has 0 aromatic rings. The normalized spacial score (nSPS) is 55.9. The predicted octanol–water partition coefficient (Wildman–Crippen LogP) is 5.17. The second-order valence-corrected chi connectivity index (χ2v) is 9.13. The van der Waals surface area contributed by atoms with E-state index in [0.717, 1.165) is 23.7 Å². The molecule has 4 aliphatic carbocycles. The van der Waals surface area contributed by atoms with Gasteiger partial charge < -0.3 is 5.73 Å². The van der Waals surface area contributed by atoms with Gasteiger partial charge in [0.15, 0.2) is 0 Å². The maximum absolute atomic E-state index is 6.51. The minimum Gasteiger partial charge on any atom is -0.327 e. The Bertz CT molecular complexity index is 397. The molecule has 4 saturated carbocycles. The maximum Gasteiger partial charge on any atom is 0.00957 e. The molecule has 0 amide bonds. The molecule has 7 atom stereocenters. The number of fused-ring (bicyclic) bond motifs is 5. The Balaban J connectivity index is 0.00000132. The van der Waals surface area contributed by atoms with Crippen molar-refractivity contribution in [3.05, 3.63) is 0 Å². The molecule has 4 aliphatic rings. The Morgan fingerprint density at radius 3 is 2.33 bits per heavy atom. The van der Waals surface area contributed by atoms with E-state index in [-0.39, 0.29) is 12.4 Å². The van der Waals surface area contributed by atoms with E-state index in [9.17, 15) is 0 Å². The average molecular weight is 312 g/mol. The van der Waals surface area contributed by atoms with Crippen LogP contribution in [-0.4, -0.2) is 6.04 Å². The zero-order valence-corrected chi connectivity index (χ0v) is 14.8. The Morgan fingerprint density at radius 2 is 1.52 bits per heavy atom. The number of rotatable bonds is 0. The van der Waals surface area contributed by atoms with Crippen LogP contribution < -0.4 is 5.73 Å². The molecule has 122 valence electrons. The summed E-state index contributed by atoms with van der Waals surface area (Å²) in [6.45, 7) is 5.20. The van der Waals surface area contributed by atoms with Gasteiger partial charge >= 0.3 is 0 Å². The number of nitrogens with two attached hydrogens (primary N) is 1. The highest BCUT2D eigenvalue weighted by Gasteiger charge is 2.58. The van der Waals surface area contributed by atoms with E-state index in [4.69, 9.17) is 5.73 Å². The smallest absolute Gasteiger partial charge is 0.00957 e. The van der Waals surface area contributed by atoms with Crippen molar-refractivity contribution in [1.29, 1.82) is 0 Å². The second kappa shape index (κ2) is 5.41. The van der Waals surface area contributed by atoms with Crippen molar-refractivity contribution < 1.29 is 0 Å². The SMILES string of the molecule is C[C@]12CCCC[C@@H]1CC[C@@H]1[C@@H]2CC[C@]2(C)[C@H](N)CC[C@@H]12.Cl. The van der Waals surface area contributed by atoms with Crippen molar-refractivity contribution >= 4 is 12.4 Å². The lowest BCUT2D eigenvalue weighted by Crippen LogP contribution is -2.54. The molecular formula is C19H34ClN. The van der Waals surface area contributed by atoms with E-state index in [0.29, 0.717) is 16.9 Å². The van der Waals surface area contributed by atoms with Crippen LogP contribution in [0.4, 0.5) is 0 Å². The lowest BCUT2D eigenvalue weighted by atomic mass is 9.45. The van der Waals surface area contributed by atoms with Crippen molar-refractivity contribution in [3.8, 4) is 0 Å². The van der Waals surface area contributed by atoms with Crippen molar-refractivity contribution in [3.63, 3.8) is 0 Å². The maximum atomic E-state index is 6.51. The fourth-order valence-electron chi connectivity index (χ4n) is 7.34. The predicted molar refractivity (Wildman–Crippen MR) is 91.6 cm³/mol. The van der Waals surface area contributed by atoms with Gasteiger partial charge in [-0.25, -0.2) is 0 Å². The van der Waals surface area contributed by atoms with Crippen LogP contribution in [0.5, 0.6) is 0 Å². The zero-order valence-electron chi connectivity index (χ0n) is 13.9. The van der Waals surface area contributed by atoms with Gasteiger partial charge in [0.05, 0.1) is 0 Å². The topological polar surface area (TPSA) is 26.0 Å². The van der Waals surface area contributed by atoms with Gasteiger partial charge in [0, 0.05) is 6.04 Å². The summed E-state index contributed by atoms with van der Waals surface area (Å²) in [5.41, 5.74) is 7.69. The first-order valence-corrected chi connectivity index (χ1v) is 9.31. The van der Waals surface area contributed by atoms with Crippen LogP contribution in [-0.2, 0) is 0 Å². The van der Waals surface area contributed by atoms with Gasteiger partial charge in [0.2, 0.25) is 0 Å². The Labute approximate surface area is 137 Å². The molecule has 0 heterocycles. The van der Waals surface area contributed by atoms with Crippen molar-refractivity contribution in [2.24, 2.45) is 40.2 Å². The first-order valence-electron chi connectivity index (χ1n) is 9.31. The average Bonchev–Trinajstić information content (AvgIpc) is 2.74. The van der Waals surface area contributed by atoms with Crippen molar-refractivity contribution in [2.45, 2.75) is 84.1 Å². The van der Waals surface area contributed by atoms with E-state index in [1.165, 1.54) is 64.2 Å². The monoisotopic (exact) mass is 311 g/mol. The van der Waals surface area contributed by atoms with Crippen molar-refractivity contribution in [1.82, 2.24) is 0 Å². The van der Waals surface area contributed by atoms with Crippen LogP contribution in [0.25, 0.3) is 0 Å². The molecule has 0 aromatic heterocycles. The quantitative estimate of drug-likeness (QED) is 0.656. The highest BCUT2D eigenvalue weighted by molar-refractivity contribution is 5.85. The second-order valence-electron chi connectivity index (χ2n) is 9.13. The summed E-state index contributed by atoms with van der Waals surface area (Å²) >= 11 is 0. The van der Waals surface area contributed by atoms with Crippen LogP contribution in [0.2, 0.25) is 0 Å². The minimum atomic E-state index is 0. The van der Waals surface area contributed by atoms with E-state index < -0.39 is 0 Å². The molecule has 0 bridgehead atoms. The molecule has 1 nitrogen and oxygen atoms in total. The van der Waals surface area contributed by atoms with Crippen molar-refractivity contribution in [2.75, 3.05) is 0 Å². The Hall–Kier alpha value is 0.250. The van der Waals surface area contributed by atoms with E-state index in [2.05, 4.69) is 13.8 Å². The van der Waals surface area contributed by atoms with Gasteiger partial charge in [-0.05, 0) is 85.9 Å². The highest BCUT2D eigenvalue weighted by atomic mass is 35.5. The Kier molecular flexibility index (Phi) is 4.15. The van der Waals surface area contributed by atoms with Crippen LogP contribution in [0.1, 0.15) is 78.1 Å². The Morgan fingerprint density at radius 1 is 0.762 bits per heavy atom. The van der Waals surface area contributed by atoms with Crippen LogP contribution in [0, 0.1) is 34.5 Å². The molecule has 4 fully saturated rings. The number of halogens is 1. The van der Waals surface area contributed by atoms with Crippen LogP contribution in [0.3, 0.4) is 0 Å². The van der Waals surface area contributed by atoms with Gasteiger partial charge in [-0.3, -0.25) is 0 Å². The van der Waals surface area contributed by atoms with Gasteiger partial charge in [0.25, 0.3) is 0 Å². The first kappa shape index (κ1) is 16.1. The molecule has 0 spiro atoms. The first-order chi connectivity index (χ1) is 9.56. The fraction of sp³-hybridized carbons (Fsp3) is 1.00. The summed E-state index contributed by atoms with van der Waals surface area (Å²) in [7, 11) is 0. The molecule has 4 rings (SSSR count). The number of hydrogen-bond donors (Lipinski definition) is 1. The van der Waals surface area contributed by atoms with Gasteiger partial charge in [-0.1, -0.05) is 26.7 Å². The molecule has 0 aromatic carbocycles. The summed E-state index contributed by atoms with van der Waals surface area (Å²) in [4.78, 5) is 0. The third kappa shape index (κ3) is 2.13. The van der Waals surface area contributed by atoms with Crippen LogP contribution in [0.15, 0.2) is 0 Å². The summed E-state index contributed by atoms with van der Waals surface area (Å²) in [6.07, 6.45) is 14.7. The lowest BCUT2D eigenvalue weighted by molar-refractivity contribution is -0.105. The largest absolute Gasteiger partial charge is 0.327 e. The molecule has 2 heteroatoms. The van der Waals surface area contributed by atoms with E-state index in [1.807, 2.05) is 0 Å². The van der Waals surface area contributed by atoms with E-state index in [1.54, 1.807) is 0 Å². The summed E-state index contributed by atoms with van der Waals surface area (Å²) in [5, 5.41) is 0. The third-order valence-corrected chi connectivity index (χ3v) is 8.66. The minimum absolute atomic E-state index is 0. The van der Waals surface area contributed by atoms with E-state index >= 15 is 0 Å². The van der Waals surface area contributed by atoms with Crippen LogP contribution >= 0.6 is 12.4 Å².